The largest absolute Gasteiger partial charge is 0.507 e. The number of nitrogens with one attached hydrogen (secondary N) is 1. The van der Waals surface area contributed by atoms with Crippen LogP contribution in [0.5, 0.6) is 5.75 Å². The van der Waals surface area contributed by atoms with Crippen molar-refractivity contribution in [2.75, 3.05) is 13.2 Å². The number of para-hydroxylation sites is 1. The first-order valence-electron chi connectivity index (χ1n) is 10.2. The zero-order chi connectivity index (χ0) is 22.7. The number of aliphatic hydroxyl groups is 2. The lowest BCUT2D eigenvalue weighted by molar-refractivity contribution is 0.0172. The van der Waals surface area contributed by atoms with Gasteiger partial charge < -0.3 is 25.4 Å². The molecule has 7 nitrogen and oxygen atoms in total. The van der Waals surface area contributed by atoms with Gasteiger partial charge in [-0.05, 0) is 28.3 Å². The average molecular weight is 433 g/mol. The van der Waals surface area contributed by atoms with Crippen LogP contribution in [0.25, 0.3) is 11.1 Å². The Kier molecular flexibility index (Phi) is 6.20. The standard InChI is InChI=1S/C25H23NO6/c27-13-15-6-5-11-20(23(15)29)24(30)22(28)12-26-25(31)32-14-21-18-9-3-1-7-16(18)17-8-2-4-10-19(17)21/h1-11,13,21-22,24,28-30H,12,14H2,(H,26,31). The number of benzene rings is 3. The minimum absolute atomic E-state index is 0.00162. The van der Waals surface area contributed by atoms with Crippen LogP contribution in [0.4, 0.5) is 4.79 Å². The molecule has 1 aliphatic carbocycles. The molecule has 32 heavy (non-hydrogen) atoms. The van der Waals surface area contributed by atoms with E-state index in [1.54, 1.807) is 0 Å². The molecule has 0 radical (unpaired) electrons. The van der Waals surface area contributed by atoms with Crippen molar-refractivity contribution in [3.8, 4) is 16.9 Å². The predicted octanol–water partition coefficient (Wildman–Crippen LogP) is 3.14. The van der Waals surface area contributed by atoms with Crippen molar-refractivity contribution in [2.45, 2.75) is 18.1 Å². The normalized spacial score (nSPS) is 14.2. The first-order valence-corrected chi connectivity index (χ1v) is 10.2. The molecule has 0 saturated carbocycles. The number of rotatable bonds is 7. The van der Waals surface area contributed by atoms with Crippen LogP contribution in [0.15, 0.2) is 66.7 Å². The molecule has 0 spiro atoms. The summed E-state index contributed by atoms with van der Waals surface area (Å²) in [6, 6.07) is 20.2. The van der Waals surface area contributed by atoms with Gasteiger partial charge in [-0.2, -0.15) is 0 Å². The lowest BCUT2D eigenvalue weighted by atomic mass is 9.98. The molecule has 164 valence electrons. The summed E-state index contributed by atoms with van der Waals surface area (Å²) in [4.78, 5) is 23.2. The van der Waals surface area contributed by atoms with Crippen molar-refractivity contribution in [2.24, 2.45) is 0 Å². The lowest BCUT2D eigenvalue weighted by Gasteiger charge is -2.20. The number of carbonyl (C=O) groups is 2. The molecule has 0 bridgehead atoms. The van der Waals surface area contributed by atoms with Crippen molar-refractivity contribution in [3.05, 3.63) is 89.0 Å². The van der Waals surface area contributed by atoms with Gasteiger partial charge in [-0.3, -0.25) is 4.79 Å². The van der Waals surface area contributed by atoms with E-state index in [2.05, 4.69) is 5.32 Å². The highest BCUT2D eigenvalue weighted by atomic mass is 16.5. The average Bonchev–Trinajstić information content (AvgIpc) is 3.14. The molecule has 4 N–H and O–H groups in total. The minimum atomic E-state index is -1.50. The van der Waals surface area contributed by atoms with E-state index in [0.717, 1.165) is 22.3 Å². The number of alkyl carbamates (subject to hydrolysis) is 1. The highest BCUT2D eigenvalue weighted by Gasteiger charge is 2.29. The van der Waals surface area contributed by atoms with Crippen LogP contribution in [-0.2, 0) is 4.74 Å². The van der Waals surface area contributed by atoms with Crippen molar-refractivity contribution in [3.63, 3.8) is 0 Å². The number of carbonyl (C=O) groups excluding carboxylic acids is 2. The summed E-state index contributed by atoms with van der Waals surface area (Å²) in [7, 11) is 0. The van der Waals surface area contributed by atoms with E-state index in [4.69, 9.17) is 4.74 Å². The number of fused-ring (bicyclic) bond motifs is 3. The van der Waals surface area contributed by atoms with Gasteiger partial charge in [0.05, 0.1) is 5.56 Å². The fourth-order valence-electron chi connectivity index (χ4n) is 4.07. The zero-order valence-electron chi connectivity index (χ0n) is 17.1. The summed E-state index contributed by atoms with van der Waals surface area (Å²) in [6.07, 6.45) is -3.19. The molecule has 2 atom stereocenters. The molecular formula is C25H23NO6. The number of aldehydes is 1. The maximum atomic E-state index is 12.2. The third kappa shape index (κ3) is 4.08. The Morgan fingerprint density at radius 3 is 2.22 bits per heavy atom. The van der Waals surface area contributed by atoms with Crippen LogP contribution in [0, 0.1) is 0 Å². The van der Waals surface area contributed by atoms with E-state index in [1.807, 2.05) is 48.5 Å². The fraction of sp³-hybridized carbons (Fsp3) is 0.200. The SMILES string of the molecule is O=Cc1cccc(C(O)C(O)CNC(=O)OCC2c3ccccc3-c3ccccc32)c1O. The number of amides is 1. The third-order valence-electron chi connectivity index (χ3n) is 5.71. The first kappa shape index (κ1) is 21.5. The number of phenols is 1. The molecule has 0 aromatic heterocycles. The molecule has 0 saturated heterocycles. The second kappa shape index (κ2) is 9.21. The van der Waals surface area contributed by atoms with Gasteiger partial charge in [0.15, 0.2) is 6.29 Å². The Bertz CT molecular complexity index is 1100. The first-order chi connectivity index (χ1) is 15.5. The van der Waals surface area contributed by atoms with Gasteiger partial charge in [-0.15, -0.1) is 0 Å². The van der Waals surface area contributed by atoms with Gasteiger partial charge >= 0.3 is 6.09 Å². The summed E-state index contributed by atoms with van der Waals surface area (Å²) in [5, 5.41) is 33.0. The summed E-state index contributed by atoms with van der Waals surface area (Å²) in [5.41, 5.74) is 4.40. The van der Waals surface area contributed by atoms with Gasteiger partial charge in [0.25, 0.3) is 0 Å². The van der Waals surface area contributed by atoms with Crippen molar-refractivity contribution in [1.29, 1.82) is 0 Å². The molecule has 2 unspecified atom stereocenters. The monoisotopic (exact) mass is 433 g/mol. The Morgan fingerprint density at radius 2 is 1.59 bits per heavy atom. The molecule has 7 heteroatoms. The minimum Gasteiger partial charge on any atom is -0.507 e. The second-order valence-corrected chi connectivity index (χ2v) is 7.62. The molecule has 0 aliphatic heterocycles. The van der Waals surface area contributed by atoms with Crippen molar-refractivity contribution in [1.82, 2.24) is 5.32 Å². The summed E-state index contributed by atoms with van der Waals surface area (Å²) < 4.78 is 5.40. The fourth-order valence-corrected chi connectivity index (χ4v) is 4.07. The van der Waals surface area contributed by atoms with Gasteiger partial charge in [-0.1, -0.05) is 60.7 Å². The molecule has 0 heterocycles. The van der Waals surface area contributed by atoms with E-state index >= 15 is 0 Å². The zero-order valence-corrected chi connectivity index (χ0v) is 17.1. The molecule has 0 fully saturated rings. The molecule has 3 aromatic rings. The van der Waals surface area contributed by atoms with Crippen LogP contribution in [0.1, 0.15) is 39.1 Å². The quantitative estimate of drug-likeness (QED) is 0.426. The number of hydrogen-bond acceptors (Lipinski definition) is 6. The van der Waals surface area contributed by atoms with Crippen LogP contribution < -0.4 is 5.32 Å². The molecule has 3 aromatic carbocycles. The van der Waals surface area contributed by atoms with Crippen molar-refractivity contribution < 1.29 is 29.6 Å². The Morgan fingerprint density at radius 1 is 0.969 bits per heavy atom. The van der Waals surface area contributed by atoms with Gasteiger partial charge in [0.2, 0.25) is 0 Å². The van der Waals surface area contributed by atoms with Crippen LogP contribution in [0.3, 0.4) is 0 Å². The van der Waals surface area contributed by atoms with Crippen molar-refractivity contribution >= 4 is 12.4 Å². The maximum absolute atomic E-state index is 12.2. The molecule has 4 rings (SSSR count). The van der Waals surface area contributed by atoms with E-state index in [-0.39, 0.29) is 30.2 Å². The lowest BCUT2D eigenvalue weighted by Crippen LogP contribution is -2.36. The number of aromatic hydroxyl groups is 1. The summed E-state index contributed by atoms with van der Waals surface area (Å²) in [5.74, 6) is -0.498. The summed E-state index contributed by atoms with van der Waals surface area (Å²) in [6.45, 7) is -0.177. The van der Waals surface area contributed by atoms with E-state index < -0.39 is 24.1 Å². The predicted molar refractivity (Wildman–Crippen MR) is 118 cm³/mol. The second-order valence-electron chi connectivity index (χ2n) is 7.62. The smallest absolute Gasteiger partial charge is 0.407 e. The van der Waals surface area contributed by atoms with E-state index in [0.29, 0.717) is 6.29 Å². The van der Waals surface area contributed by atoms with Gasteiger partial charge in [-0.25, -0.2) is 4.79 Å². The topological polar surface area (TPSA) is 116 Å². The van der Waals surface area contributed by atoms with E-state index in [9.17, 15) is 24.9 Å². The van der Waals surface area contributed by atoms with Crippen LogP contribution >= 0.6 is 0 Å². The molecule has 1 amide bonds. The van der Waals surface area contributed by atoms with Crippen LogP contribution in [-0.4, -0.2) is 47.0 Å². The molecular weight excluding hydrogens is 410 g/mol. The van der Waals surface area contributed by atoms with E-state index in [1.165, 1.54) is 18.2 Å². The number of ether oxygens (including phenoxy) is 1. The third-order valence-corrected chi connectivity index (χ3v) is 5.71. The number of hydrogen-bond donors (Lipinski definition) is 4. The Balaban J connectivity index is 1.36. The highest BCUT2D eigenvalue weighted by Crippen LogP contribution is 2.44. The Labute approximate surface area is 184 Å². The van der Waals surface area contributed by atoms with Gasteiger partial charge in [0.1, 0.15) is 24.6 Å². The van der Waals surface area contributed by atoms with Gasteiger partial charge in [0, 0.05) is 18.0 Å². The molecule has 1 aliphatic rings. The van der Waals surface area contributed by atoms with Crippen LogP contribution in [0.2, 0.25) is 0 Å². The summed E-state index contributed by atoms with van der Waals surface area (Å²) >= 11 is 0. The number of phenolic OH excluding ortho intramolecular Hbond substituents is 1. The number of aliphatic hydroxyl groups excluding tert-OH is 2. The Hall–Kier alpha value is -3.68. The maximum Gasteiger partial charge on any atom is 0.407 e. The highest BCUT2D eigenvalue weighted by molar-refractivity contribution is 5.80.